The van der Waals surface area contributed by atoms with Crippen molar-refractivity contribution in [1.82, 2.24) is 10.6 Å². The van der Waals surface area contributed by atoms with E-state index >= 15 is 0 Å². The lowest BCUT2D eigenvalue weighted by Crippen LogP contribution is -2.38. The monoisotopic (exact) mass is 559 g/mol. The van der Waals surface area contributed by atoms with Crippen LogP contribution in [0.2, 0.25) is 0 Å². The van der Waals surface area contributed by atoms with Crippen molar-refractivity contribution in [3.05, 3.63) is 70.8 Å². The zero-order valence-corrected chi connectivity index (χ0v) is 20.7. The molecule has 0 unspecified atom stereocenters. The number of guanidine groups is 1. The Labute approximate surface area is 206 Å². The molecule has 8 heteroatoms. The molecule has 0 radical (unpaired) electrons. The van der Waals surface area contributed by atoms with Crippen molar-refractivity contribution < 1.29 is 18.3 Å². The van der Waals surface area contributed by atoms with Gasteiger partial charge in [0.05, 0.1) is 19.3 Å². The Morgan fingerprint density at radius 2 is 1.88 bits per heavy atom. The van der Waals surface area contributed by atoms with Crippen LogP contribution in [0.4, 0.5) is 8.78 Å². The van der Waals surface area contributed by atoms with Crippen LogP contribution in [-0.2, 0) is 29.0 Å². The van der Waals surface area contributed by atoms with Crippen LogP contribution in [0.15, 0.2) is 47.5 Å². The third kappa shape index (κ3) is 8.99. The molecule has 2 aromatic rings. The van der Waals surface area contributed by atoms with E-state index < -0.39 is 11.6 Å². The van der Waals surface area contributed by atoms with E-state index in [0.717, 1.165) is 49.3 Å². The standard InChI is InChI=1S/C24H31F2N3O2.HI/c1-2-27-24(28-11-8-20-15-21(25)6-7-23(20)26)29-16-18-4-3-5-19(14-18)17-31-22-9-12-30-13-10-22;/h3-7,14-15,22H,2,8-13,16-17H2,1H3,(H2,27,28,29);1H. The summed E-state index contributed by atoms with van der Waals surface area (Å²) in [5.74, 6) is -0.189. The molecule has 1 heterocycles. The maximum atomic E-state index is 13.8. The average Bonchev–Trinajstić information content (AvgIpc) is 2.79. The van der Waals surface area contributed by atoms with Crippen LogP contribution < -0.4 is 10.6 Å². The molecule has 1 fully saturated rings. The molecule has 1 saturated heterocycles. The summed E-state index contributed by atoms with van der Waals surface area (Å²) in [6, 6.07) is 11.7. The largest absolute Gasteiger partial charge is 0.381 e. The highest BCUT2D eigenvalue weighted by Gasteiger charge is 2.14. The second-order valence-electron chi connectivity index (χ2n) is 7.55. The Morgan fingerprint density at radius 1 is 1.09 bits per heavy atom. The smallest absolute Gasteiger partial charge is 0.191 e. The van der Waals surface area contributed by atoms with Crippen molar-refractivity contribution >= 4 is 29.9 Å². The number of nitrogens with zero attached hydrogens (tertiary/aromatic N) is 1. The van der Waals surface area contributed by atoms with Gasteiger partial charge in [0.1, 0.15) is 11.6 Å². The quantitative estimate of drug-likeness (QED) is 0.269. The van der Waals surface area contributed by atoms with E-state index in [9.17, 15) is 8.78 Å². The molecule has 2 aromatic carbocycles. The summed E-state index contributed by atoms with van der Waals surface area (Å²) in [5, 5.41) is 6.36. The average molecular weight is 559 g/mol. The lowest BCUT2D eigenvalue weighted by molar-refractivity contribution is -0.0390. The fourth-order valence-electron chi connectivity index (χ4n) is 3.44. The molecule has 0 atom stereocenters. The summed E-state index contributed by atoms with van der Waals surface area (Å²) in [6.45, 7) is 5.77. The zero-order chi connectivity index (χ0) is 21.9. The third-order valence-electron chi connectivity index (χ3n) is 5.10. The Bertz CT molecular complexity index is 861. The fourth-order valence-corrected chi connectivity index (χ4v) is 3.44. The van der Waals surface area contributed by atoms with E-state index in [1.165, 1.54) is 6.07 Å². The van der Waals surface area contributed by atoms with Gasteiger partial charge < -0.3 is 20.1 Å². The summed E-state index contributed by atoms with van der Waals surface area (Å²) in [6.07, 6.45) is 2.53. The van der Waals surface area contributed by atoms with E-state index in [0.29, 0.717) is 44.2 Å². The van der Waals surface area contributed by atoms with Gasteiger partial charge in [0.15, 0.2) is 5.96 Å². The minimum atomic E-state index is -0.433. The molecular formula is C24H32F2IN3O2. The highest BCUT2D eigenvalue weighted by molar-refractivity contribution is 14.0. The lowest BCUT2D eigenvalue weighted by Gasteiger charge is -2.22. The highest BCUT2D eigenvalue weighted by Crippen LogP contribution is 2.15. The number of nitrogens with one attached hydrogen (secondary N) is 2. The predicted octanol–water partition coefficient (Wildman–Crippen LogP) is 4.58. The molecule has 32 heavy (non-hydrogen) atoms. The summed E-state index contributed by atoms with van der Waals surface area (Å²) < 4.78 is 38.5. The van der Waals surface area contributed by atoms with Crippen molar-refractivity contribution in [1.29, 1.82) is 0 Å². The molecule has 2 N–H and O–H groups in total. The van der Waals surface area contributed by atoms with E-state index in [4.69, 9.17) is 9.47 Å². The van der Waals surface area contributed by atoms with Crippen LogP contribution in [0.25, 0.3) is 0 Å². The normalized spacial score (nSPS) is 14.7. The number of rotatable bonds is 9. The number of aliphatic imine (C=N–C) groups is 1. The molecule has 0 aromatic heterocycles. The van der Waals surface area contributed by atoms with E-state index in [-0.39, 0.29) is 30.1 Å². The van der Waals surface area contributed by atoms with E-state index in [2.05, 4.69) is 27.8 Å². The van der Waals surface area contributed by atoms with Gasteiger partial charge in [-0.05, 0) is 61.1 Å². The number of hydrogen-bond acceptors (Lipinski definition) is 3. The molecule has 0 bridgehead atoms. The van der Waals surface area contributed by atoms with Crippen molar-refractivity contribution in [3.63, 3.8) is 0 Å². The molecule has 176 valence electrons. The molecule has 0 spiro atoms. The number of halogens is 3. The van der Waals surface area contributed by atoms with Crippen LogP contribution >= 0.6 is 24.0 Å². The number of benzene rings is 2. The van der Waals surface area contributed by atoms with Crippen molar-refractivity contribution in [2.75, 3.05) is 26.3 Å². The summed E-state index contributed by atoms with van der Waals surface area (Å²) >= 11 is 0. The molecule has 1 aliphatic heterocycles. The molecule has 0 amide bonds. The lowest BCUT2D eigenvalue weighted by atomic mass is 10.1. The van der Waals surface area contributed by atoms with Gasteiger partial charge in [-0.15, -0.1) is 24.0 Å². The minimum Gasteiger partial charge on any atom is -0.381 e. The summed E-state index contributed by atoms with van der Waals surface area (Å²) in [4.78, 5) is 4.62. The third-order valence-corrected chi connectivity index (χ3v) is 5.10. The Hall–Kier alpha value is -1.78. The second kappa shape index (κ2) is 14.4. The SMILES string of the molecule is CCNC(=NCc1cccc(COC2CCOCC2)c1)NCCc1cc(F)ccc1F.I. The number of hydrogen-bond donors (Lipinski definition) is 2. The maximum Gasteiger partial charge on any atom is 0.191 e. The second-order valence-corrected chi connectivity index (χ2v) is 7.55. The van der Waals surface area contributed by atoms with Gasteiger partial charge in [-0.3, -0.25) is 0 Å². The van der Waals surface area contributed by atoms with Crippen molar-refractivity contribution in [2.24, 2.45) is 4.99 Å². The Balaban J connectivity index is 0.00000363. The van der Waals surface area contributed by atoms with Crippen LogP contribution in [0.1, 0.15) is 36.5 Å². The molecule has 0 saturated carbocycles. The molecule has 1 aliphatic rings. The maximum absolute atomic E-state index is 13.8. The first kappa shape index (κ1) is 26.5. The molecule has 5 nitrogen and oxygen atoms in total. The van der Waals surface area contributed by atoms with Crippen LogP contribution in [0, 0.1) is 11.6 Å². The van der Waals surface area contributed by atoms with Crippen LogP contribution in [0.5, 0.6) is 0 Å². The van der Waals surface area contributed by atoms with Gasteiger partial charge in [-0.2, -0.15) is 0 Å². The highest BCUT2D eigenvalue weighted by atomic mass is 127. The van der Waals surface area contributed by atoms with Gasteiger partial charge in [-0.25, -0.2) is 13.8 Å². The van der Waals surface area contributed by atoms with Gasteiger partial charge in [-0.1, -0.05) is 24.3 Å². The zero-order valence-electron chi connectivity index (χ0n) is 18.4. The number of ether oxygens (including phenoxy) is 2. The van der Waals surface area contributed by atoms with Gasteiger partial charge in [0, 0.05) is 26.3 Å². The van der Waals surface area contributed by atoms with Crippen LogP contribution in [0.3, 0.4) is 0 Å². The van der Waals surface area contributed by atoms with Gasteiger partial charge in [0.2, 0.25) is 0 Å². The van der Waals surface area contributed by atoms with Crippen molar-refractivity contribution in [2.45, 2.75) is 45.4 Å². The molecule has 0 aliphatic carbocycles. The van der Waals surface area contributed by atoms with Gasteiger partial charge >= 0.3 is 0 Å². The minimum absolute atomic E-state index is 0. The first-order valence-electron chi connectivity index (χ1n) is 10.9. The summed E-state index contributed by atoms with van der Waals surface area (Å²) in [5.41, 5.74) is 2.56. The predicted molar refractivity (Wildman–Crippen MR) is 133 cm³/mol. The Morgan fingerprint density at radius 3 is 2.66 bits per heavy atom. The first-order valence-corrected chi connectivity index (χ1v) is 10.9. The molecule has 3 rings (SSSR count). The Kier molecular flexibility index (Phi) is 11.9. The van der Waals surface area contributed by atoms with Crippen LogP contribution in [-0.4, -0.2) is 38.4 Å². The van der Waals surface area contributed by atoms with E-state index in [1.807, 2.05) is 19.1 Å². The topological polar surface area (TPSA) is 54.9 Å². The fraction of sp³-hybridized carbons (Fsp3) is 0.458. The first-order chi connectivity index (χ1) is 15.1. The van der Waals surface area contributed by atoms with Gasteiger partial charge in [0.25, 0.3) is 0 Å². The molecular weight excluding hydrogens is 527 g/mol. The van der Waals surface area contributed by atoms with Crippen molar-refractivity contribution in [3.8, 4) is 0 Å². The van der Waals surface area contributed by atoms with E-state index in [1.54, 1.807) is 0 Å². The summed E-state index contributed by atoms with van der Waals surface area (Å²) in [7, 11) is 0.